The second kappa shape index (κ2) is 5.91. The Bertz CT molecular complexity index is 312. The second-order valence-corrected chi connectivity index (χ2v) is 4.03. The summed E-state index contributed by atoms with van der Waals surface area (Å²) in [4.78, 5) is 1.34. The van der Waals surface area contributed by atoms with E-state index in [1.807, 2.05) is 13.8 Å². The van der Waals surface area contributed by atoms with Crippen LogP contribution in [0.3, 0.4) is 0 Å². The van der Waals surface area contributed by atoms with Crippen molar-refractivity contribution in [1.29, 1.82) is 0 Å². The number of aliphatic hydroxyl groups excluding tert-OH is 2. The van der Waals surface area contributed by atoms with E-state index in [0.717, 1.165) is 12.8 Å². The van der Waals surface area contributed by atoms with Crippen molar-refractivity contribution in [2.24, 2.45) is 13.0 Å². The molecular formula is C10H20N4O2. The summed E-state index contributed by atoms with van der Waals surface area (Å²) in [6.45, 7) is 4.01. The highest BCUT2D eigenvalue weighted by molar-refractivity contribution is 4.85. The van der Waals surface area contributed by atoms with Crippen LogP contribution in [0, 0.1) is 5.92 Å². The largest absolute Gasteiger partial charge is 0.390 e. The van der Waals surface area contributed by atoms with Gasteiger partial charge in [0.1, 0.15) is 0 Å². The normalized spacial score (nSPS) is 15.4. The third kappa shape index (κ3) is 3.24. The highest BCUT2D eigenvalue weighted by Gasteiger charge is 2.25. The molecule has 0 aliphatic carbocycles. The summed E-state index contributed by atoms with van der Waals surface area (Å²) < 4.78 is 0. The van der Waals surface area contributed by atoms with Crippen LogP contribution < -0.4 is 0 Å². The van der Waals surface area contributed by atoms with Gasteiger partial charge < -0.3 is 10.2 Å². The molecule has 2 N–H and O–H groups in total. The minimum atomic E-state index is -0.825. The Hall–Kier alpha value is -1.01. The zero-order valence-corrected chi connectivity index (χ0v) is 10.0. The maximum Gasteiger partial charge on any atom is 0.177 e. The SMILES string of the molecule is CCC(CC)C(O)C(O)Cc1nnn(C)n1. The summed E-state index contributed by atoms with van der Waals surface area (Å²) in [7, 11) is 1.67. The van der Waals surface area contributed by atoms with Gasteiger partial charge in [0.05, 0.1) is 19.3 Å². The number of rotatable bonds is 6. The third-order valence-corrected chi connectivity index (χ3v) is 2.87. The van der Waals surface area contributed by atoms with Crippen LogP contribution in [0.25, 0.3) is 0 Å². The van der Waals surface area contributed by atoms with Gasteiger partial charge in [0.15, 0.2) is 5.82 Å². The van der Waals surface area contributed by atoms with E-state index in [2.05, 4.69) is 15.4 Å². The van der Waals surface area contributed by atoms with E-state index in [-0.39, 0.29) is 12.3 Å². The predicted octanol–water partition coefficient (Wildman–Crippen LogP) is -0.0894. The standard InChI is InChI=1S/C10H20N4O2/c1-4-7(5-2)10(16)8(15)6-9-11-13-14(3)12-9/h7-8,10,15-16H,4-6H2,1-3H3. The Labute approximate surface area is 95.3 Å². The van der Waals surface area contributed by atoms with E-state index in [1.54, 1.807) is 7.05 Å². The van der Waals surface area contributed by atoms with Gasteiger partial charge in [-0.2, -0.15) is 4.80 Å². The molecule has 6 heteroatoms. The van der Waals surface area contributed by atoms with Gasteiger partial charge in [-0.25, -0.2) is 0 Å². The second-order valence-electron chi connectivity index (χ2n) is 4.03. The maximum absolute atomic E-state index is 9.91. The number of aryl methyl sites for hydroxylation is 1. The van der Waals surface area contributed by atoms with Gasteiger partial charge in [-0.15, -0.1) is 10.2 Å². The number of hydrogen-bond donors (Lipinski definition) is 2. The third-order valence-electron chi connectivity index (χ3n) is 2.87. The Morgan fingerprint density at radius 3 is 2.31 bits per heavy atom. The number of hydrogen-bond acceptors (Lipinski definition) is 5. The van der Waals surface area contributed by atoms with Crippen LogP contribution in [-0.2, 0) is 13.5 Å². The predicted molar refractivity (Wildman–Crippen MR) is 58.6 cm³/mol. The lowest BCUT2D eigenvalue weighted by Crippen LogP contribution is -2.34. The smallest absolute Gasteiger partial charge is 0.177 e. The van der Waals surface area contributed by atoms with Gasteiger partial charge in [-0.05, 0) is 11.1 Å². The topological polar surface area (TPSA) is 84.1 Å². The average Bonchev–Trinajstić information content (AvgIpc) is 2.65. The summed E-state index contributed by atoms with van der Waals surface area (Å²) in [5, 5.41) is 31.2. The first-order valence-corrected chi connectivity index (χ1v) is 5.67. The monoisotopic (exact) mass is 228 g/mol. The molecule has 0 aliphatic rings. The quantitative estimate of drug-likeness (QED) is 0.711. The maximum atomic E-state index is 9.91. The highest BCUT2D eigenvalue weighted by Crippen LogP contribution is 2.17. The summed E-state index contributed by atoms with van der Waals surface area (Å²) in [5.74, 6) is 0.576. The number of nitrogens with zero attached hydrogens (tertiary/aromatic N) is 4. The fourth-order valence-electron chi connectivity index (χ4n) is 1.80. The van der Waals surface area contributed by atoms with Gasteiger partial charge >= 0.3 is 0 Å². The first-order chi connectivity index (χ1) is 7.58. The van der Waals surface area contributed by atoms with Crippen molar-refractivity contribution in [2.45, 2.75) is 45.3 Å². The Balaban J connectivity index is 2.54. The van der Waals surface area contributed by atoms with E-state index >= 15 is 0 Å². The molecule has 0 saturated heterocycles. The molecule has 2 unspecified atom stereocenters. The van der Waals surface area contributed by atoms with Crippen LogP contribution in [-0.4, -0.2) is 42.6 Å². The molecular weight excluding hydrogens is 208 g/mol. The molecule has 1 aromatic heterocycles. The molecule has 0 amide bonds. The van der Waals surface area contributed by atoms with E-state index in [1.165, 1.54) is 4.80 Å². The van der Waals surface area contributed by atoms with Crippen LogP contribution in [0.5, 0.6) is 0 Å². The highest BCUT2D eigenvalue weighted by atomic mass is 16.3. The van der Waals surface area contributed by atoms with Crippen LogP contribution in [0.1, 0.15) is 32.5 Å². The average molecular weight is 228 g/mol. The lowest BCUT2D eigenvalue weighted by atomic mass is 9.91. The van der Waals surface area contributed by atoms with Crippen molar-refractivity contribution in [3.8, 4) is 0 Å². The Kier molecular flexibility index (Phi) is 4.82. The van der Waals surface area contributed by atoms with Crippen LogP contribution in [0.4, 0.5) is 0 Å². The molecule has 0 fully saturated rings. The molecule has 6 nitrogen and oxygen atoms in total. The molecule has 0 saturated carbocycles. The summed E-state index contributed by atoms with van der Waals surface area (Å²) >= 11 is 0. The van der Waals surface area contributed by atoms with Gasteiger partial charge in [-0.1, -0.05) is 26.7 Å². The van der Waals surface area contributed by atoms with E-state index < -0.39 is 12.2 Å². The van der Waals surface area contributed by atoms with Crippen molar-refractivity contribution < 1.29 is 10.2 Å². The fourth-order valence-corrected chi connectivity index (χ4v) is 1.80. The minimum absolute atomic E-state index is 0.117. The molecule has 2 atom stereocenters. The molecule has 0 bridgehead atoms. The number of aromatic nitrogens is 4. The zero-order chi connectivity index (χ0) is 12.1. The molecule has 0 aliphatic heterocycles. The Morgan fingerprint density at radius 2 is 1.88 bits per heavy atom. The lowest BCUT2D eigenvalue weighted by Gasteiger charge is -2.24. The van der Waals surface area contributed by atoms with Crippen molar-refractivity contribution in [2.75, 3.05) is 0 Å². The van der Waals surface area contributed by atoms with E-state index in [9.17, 15) is 10.2 Å². The molecule has 0 radical (unpaired) electrons. The zero-order valence-electron chi connectivity index (χ0n) is 10.0. The summed E-state index contributed by atoms with van der Waals surface area (Å²) in [6.07, 6.45) is 0.393. The van der Waals surface area contributed by atoms with Gasteiger partial charge in [0, 0.05) is 6.42 Å². The minimum Gasteiger partial charge on any atom is -0.390 e. The first kappa shape index (κ1) is 13.1. The van der Waals surface area contributed by atoms with Crippen LogP contribution in [0.2, 0.25) is 0 Å². The van der Waals surface area contributed by atoms with Crippen LogP contribution in [0.15, 0.2) is 0 Å². The van der Waals surface area contributed by atoms with Crippen molar-refractivity contribution >= 4 is 0 Å². The molecule has 0 aromatic carbocycles. The van der Waals surface area contributed by atoms with Crippen molar-refractivity contribution in [3.05, 3.63) is 5.82 Å². The summed E-state index contributed by atoms with van der Waals surface area (Å²) in [5.41, 5.74) is 0. The fraction of sp³-hybridized carbons (Fsp3) is 0.900. The lowest BCUT2D eigenvalue weighted by molar-refractivity contribution is -0.0197. The molecule has 1 aromatic rings. The number of tetrazole rings is 1. The number of aliphatic hydroxyl groups is 2. The molecule has 0 spiro atoms. The van der Waals surface area contributed by atoms with E-state index in [4.69, 9.17) is 0 Å². The molecule has 1 rings (SSSR count). The molecule has 16 heavy (non-hydrogen) atoms. The van der Waals surface area contributed by atoms with Gasteiger partial charge in [-0.3, -0.25) is 0 Å². The Morgan fingerprint density at radius 1 is 1.25 bits per heavy atom. The van der Waals surface area contributed by atoms with Crippen molar-refractivity contribution in [1.82, 2.24) is 20.2 Å². The van der Waals surface area contributed by atoms with Crippen LogP contribution >= 0.6 is 0 Å². The summed E-state index contributed by atoms with van der Waals surface area (Å²) in [6, 6.07) is 0. The molecule has 1 heterocycles. The molecule has 92 valence electrons. The van der Waals surface area contributed by atoms with Gasteiger partial charge in [0.2, 0.25) is 0 Å². The first-order valence-electron chi connectivity index (χ1n) is 5.67. The van der Waals surface area contributed by atoms with Gasteiger partial charge in [0.25, 0.3) is 0 Å². The van der Waals surface area contributed by atoms with E-state index in [0.29, 0.717) is 5.82 Å². The van der Waals surface area contributed by atoms with Crippen molar-refractivity contribution in [3.63, 3.8) is 0 Å².